The maximum absolute atomic E-state index is 13.7. The van der Waals surface area contributed by atoms with Crippen molar-refractivity contribution < 1.29 is 98.8 Å². The van der Waals surface area contributed by atoms with E-state index in [-0.39, 0.29) is 63.9 Å². The molecule has 79 heavy (non-hydrogen) atoms. The Morgan fingerprint density at radius 2 is 1.41 bits per heavy atom. The predicted octanol–water partition coefficient (Wildman–Crippen LogP) is -1.25. The zero-order valence-electron chi connectivity index (χ0n) is 41.2. The molecule has 43 heteroatoms. The Balaban J connectivity index is 0.831. The van der Waals surface area contributed by atoms with Crippen molar-refractivity contribution in [1.29, 1.82) is 0 Å². The fourth-order valence-corrected chi connectivity index (χ4v) is 14.9. The molecule has 9 heterocycles. The van der Waals surface area contributed by atoms with Crippen LogP contribution >= 0.6 is 52.3 Å². The molecule has 14 N–H and O–H groups in total. The smallest absolute Gasteiger partial charge is 0.390 e. The molecule has 0 radical (unpaired) electrons. The zero-order chi connectivity index (χ0) is 57.1. The largest absolute Gasteiger partial charge is 0.490 e. The zero-order valence-corrected chi connectivity index (χ0v) is 47.0. The van der Waals surface area contributed by atoms with Gasteiger partial charge in [-0.15, -0.1) is 0 Å². The molecule has 4 unspecified atom stereocenters. The van der Waals surface area contributed by atoms with Crippen LogP contribution in [0.3, 0.4) is 0 Å². The van der Waals surface area contributed by atoms with Gasteiger partial charge in [0.1, 0.15) is 60.8 Å². The standard InChI is InChI=1S/C36H52IN15O23P4/c1-14(2)6-40-36-46-30-22(32(57)48-36)49(3)37-10-50(30)19-5-15(53)16(70-19)7-68-77(60,61)74-79(64,65)75-78(62,63)69-9-18-25(66-4)26(34(72-18)51-12-43-20-27(38)41-11-42-28(20)51)73-76(58,59)67-8-17-23(54)24(55)33(71-17)52-13-44-21-29(52)45-35(39)47-31(21)56/h10-19,23-26,33-34,53-55H,5-9H2,1-4H3,(H,58,59)(H,60,61)(H,62,63)(H,64,65)(H2,38,41,42)(H3,39,45,47,56)(H2,40,46,48,57)/t15-,16+,17+,18+,19+,23+,24+,25+,26+,33+,34+/m0/s1. The molecule has 9 rings (SSSR count). The van der Waals surface area contributed by atoms with E-state index in [0.29, 0.717) is 6.54 Å². The van der Waals surface area contributed by atoms with Crippen LogP contribution in [0.2, 0.25) is 0 Å². The third-order valence-corrected chi connectivity index (χ3v) is 19.5. The van der Waals surface area contributed by atoms with Crippen molar-refractivity contribution >= 4 is 108 Å². The average Bonchev–Trinajstić information content (AvgIpc) is 4.32. The number of nitrogens with two attached hydrogens (primary N) is 2. The number of aliphatic hydroxyl groups excluding tert-OH is 3. The van der Waals surface area contributed by atoms with Gasteiger partial charge in [-0.1, -0.05) is 13.8 Å². The Morgan fingerprint density at radius 1 is 0.772 bits per heavy atom. The Hall–Kier alpha value is -4.38. The number of imidazole rings is 2. The monoisotopic (exact) mass is 1310 g/mol. The minimum Gasteiger partial charge on any atom is -0.390 e. The van der Waals surface area contributed by atoms with Crippen molar-refractivity contribution in [2.24, 2.45) is 5.92 Å². The minimum absolute atomic E-state index is 0.0145. The molecular formula is C36H52IN15O23P4. The van der Waals surface area contributed by atoms with Gasteiger partial charge in [0.25, 0.3) is 11.1 Å². The lowest BCUT2D eigenvalue weighted by atomic mass is 10.1. The second-order valence-corrected chi connectivity index (χ2v) is 26.6. The summed E-state index contributed by atoms with van der Waals surface area (Å²) >= 11 is -0.927. The molecule has 0 amide bonds. The summed E-state index contributed by atoms with van der Waals surface area (Å²) in [4.78, 5) is 99.1. The van der Waals surface area contributed by atoms with Crippen molar-refractivity contribution in [2.45, 2.75) is 87.8 Å². The number of fused-ring (bicyclic) bond motifs is 3. The molecule has 0 aromatic carbocycles. The molecule has 4 aliphatic rings. The fourth-order valence-electron chi connectivity index (χ4n) is 8.50. The number of H-pyrrole nitrogens is 2. The van der Waals surface area contributed by atoms with Gasteiger partial charge in [-0.3, -0.25) is 51.7 Å². The number of nitrogens with one attached hydrogen (secondary N) is 3. The van der Waals surface area contributed by atoms with E-state index in [1.807, 2.05) is 13.8 Å². The van der Waals surface area contributed by atoms with E-state index >= 15 is 0 Å². The number of nitrogen functional groups attached to an aromatic ring is 2. The lowest BCUT2D eigenvalue weighted by Crippen LogP contribution is -2.40. The molecular weight excluding hydrogens is 1260 g/mol. The summed E-state index contributed by atoms with van der Waals surface area (Å²) < 4.78 is 111. The van der Waals surface area contributed by atoms with Gasteiger partial charge in [0, 0.05) is 48.1 Å². The highest BCUT2D eigenvalue weighted by molar-refractivity contribution is 14.2. The summed E-state index contributed by atoms with van der Waals surface area (Å²) in [6.07, 6.45) is -13.8. The SMILES string of the molecule is CO[C@H]1[C@@H](OP(=O)(O)OC[C@H]2O[C@@H](n3cnc4c(=O)[nH]c(N)nc43)[C@H](O)[C@@H]2O)[C@H](n2cnc3c(N)ncnc32)O[C@@H]1COP(=O)(O)OP(=O)(O)OP(=O)(O)OC[C@H]1O[C@@H](N2C=IN(C)c3c2nc(NCC(C)C)[nH]c3=O)C[C@@H]1O. The van der Waals surface area contributed by atoms with E-state index in [2.05, 4.69) is 53.8 Å². The molecule has 5 aromatic heterocycles. The predicted molar refractivity (Wildman–Crippen MR) is 276 cm³/mol. The second kappa shape index (κ2) is 23.1. The van der Waals surface area contributed by atoms with Crippen molar-refractivity contribution in [3.05, 3.63) is 39.7 Å². The number of rotatable bonds is 22. The molecule has 0 spiro atoms. The average molecular weight is 1310 g/mol. The third kappa shape index (κ3) is 13.0. The number of nitrogens with zero attached hydrogens (tertiary/aromatic N) is 10. The van der Waals surface area contributed by atoms with Gasteiger partial charge in [-0.05, 0) is 5.92 Å². The lowest BCUT2D eigenvalue weighted by Gasteiger charge is -2.32. The van der Waals surface area contributed by atoms with Crippen LogP contribution in [-0.2, 0) is 63.9 Å². The first-order chi connectivity index (χ1) is 37.1. The van der Waals surface area contributed by atoms with Crippen molar-refractivity contribution in [3.8, 4) is 0 Å². The summed E-state index contributed by atoms with van der Waals surface area (Å²) in [6.45, 7) is 1.38. The maximum atomic E-state index is 13.7. The number of phosphoric ester groups is 3. The van der Waals surface area contributed by atoms with Crippen LogP contribution in [-0.4, -0.2) is 184 Å². The van der Waals surface area contributed by atoms with E-state index in [1.54, 1.807) is 19.2 Å². The van der Waals surface area contributed by atoms with E-state index in [9.17, 15) is 62.7 Å². The maximum Gasteiger partial charge on any atom is 0.490 e. The highest BCUT2D eigenvalue weighted by Gasteiger charge is 2.53. The van der Waals surface area contributed by atoms with E-state index in [1.165, 1.54) is 0 Å². The number of anilines is 5. The van der Waals surface area contributed by atoms with Gasteiger partial charge in [-0.2, -0.15) is 18.6 Å². The van der Waals surface area contributed by atoms with Gasteiger partial charge in [0.2, 0.25) is 11.9 Å². The first-order valence-electron chi connectivity index (χ1n) is 23.1. The van der Waals surface area contributed by atoms with E-state index in [0.717, 1.165) is 35.2 Å². The number of aromatic nitrogens is 10. The lowest BCUT2D eigenvalue weighted by molar-refractivity contribution is -0.0614. The summed E-state index contributed by atoms with van der Waals surface area (Å²) in [7, 11) is -20.3. The third-order valence-electron chi connectivity index (χ3n) is 12.1. The minimum atomic E-state index is -6.11. The van der Waals surface area contributed by atoms with Crippen LogP contribution in [0.5, 0.6) is 0 Å². The van der Waals surface area contributed by atoms with Gasteiger partial charge in [0.15, 0.2) is 46.6 Å². The van der Waals surface area contributed by atoms with E-state index < -0.39 is 151 Å². The van der Waals surface area contributed by atoms with Gasteiger partial charge >= 0.3 is 31.3 Å². The number of phosphoric acid groups is 4. The molecule has 4 aliphatic heterocycles. The topological polar surface area (TPSA) is 526 Å². The van der Waals surface area contributed by atoms with Crippen molar-refractivity contribution in [3.63, 3.8) is 0 Å². The first kappa shape index (κ1) is 59.2. The molecule has 0 aliphatic carbocycles. The highest BCUT2D eigenvalue weighted by atomic mass is 127. The van der Waals surface area contributed by atoms with Gasteiger partial charge in [-0.25, -0.2) is 38.2 Å². The number of hydrogen-bond donors (Lipinski definition) is 12. The molecule has 15 atom stereocenters. The number of hydrogen-bond acceptors (Lipinski definition) is 30. The fraction of sp³-hybridized carbons (Fsp3) is 0.583. The summed E-state index contributed by atoms with van der Waals surface area (Å²) in [5, 5.41) is 35.7. The Labute approximate surface area is 452 Å². The Bertz CT molecular complexity index is 3430. The molecule has 436 valence electrons. The quantitative estimate of drug-likeness (QED) is 0.0219. The Morgan fingerprint density at radius 3 is 2.09 bits per heavy atom. The molecule has 0 saturated carbocycles. The summed E-state index contributed by atoms with van der Waals surface area (Å²) in [5.74, 6) is 0.181. The highest BCUT2D eigenvalue weighted by Crippen LogP contribution is 2.68. The Kier molecular flexibility index (Phi) is 17.3. The summed E-state index contributed by atoms with van der Waals surface area (Å²) in [6, 6.07) is 0. The molecule has 0 bridgehead atoms. The second-order valence-electron chi connectivity index (χ2n) is 18.0. The van der Waals surface area contributed by atoms with Crippen molar-refractivity contribution in [2.75, 3.05) is 65.3 Å². The molecule has 5 aromatic rings. The van der Waals surface area contributed by atoms with Crippen LogP contribution in [0.15, 0.2) is 28.6 Å². The van der Waals surface area contributed by atoms with Crippen LogP contribution in [0.25, 0.3) is 22.3 Å². The molecule has 38 nitrogen and oxygen atoms in total. The van der Waals surface area contributed by atoms with Gasteiger partial charge in [0.05, 0.1) is 42.7 Å². The number of aromatic amines is 2. The first-order valence-corrected chi connectivity index (χ1v) is 31.2. The van der Waals surface area contributed by atoms with Gasteiger partial charge < -0.3 is 73.7 Å². The molecule has 3 fully saturated rings. The summed E-state index contributed by atoms with van der Waals surface area (Å²) in [5.41, 5.74) is 10.4. The van der Waals surface area contributed by atoms with Crippen LogP contribution in [0.4, 0.5) is 29.2 Å². The number of aliphatic hydroxyl groups is 3. The van der Waals surface area contributed by atoms with Crippen LogP contribution in [0.1, 0.15) is 32.7 Å². The van der Waals surface area contributed by atoms with Crippen molar-refractivity contribution in [1.82, 2.24) is 49.0 Å². The normalized spacial score (nSPS) is 29.3. The van der Waals surface area contributed by atoms with Crippen LogP contribution in [0, 0.1) is 5.92 Å². The number of methoxy groups -OCH3 is 1. The molecule has 3 saturated heterocycles. The van der Waals surface area contributed by atoms with E-state index in [4.69, 9.17) is 48.5 Å². The number of halogens is 1. The van der Waals surface area contributed by atoms with Crippen LogP contribution < -0.4 is 35.9 Å². The number of ether oxygens (including phenoxy) is 4.